The van der Waals surface area contributed by atoms with Crippen LogP contribution in [0.1, 0.15) is 147 Å². The maximum absolute atomic E-state index is 12.0. The molecule has 7 heteroatoms. The molecule has 0 radical (unpaired) electrons. The summed E-state index contributed by atoms with van der Waals surface area (Å²) in [5.41, 5.74) is 2.36. The average Bonchev–Trinajstić information content (AvgIpc) is 3.33. The van der Waals surface area contributed by atoms with E-state index in [9.17, 15) is 13.0 Å². The Morgan fingerprint density at radius 1 is 0.651 bits per heavy atom. The minimum atomic E-state index is -4.56. The molecule has 0 saturated carbocycles. The molecule has 1 N–H and O–H groups in total. The van der Waals surface area contributed by atoms with Gasteiger partial charge in [0.1, 0.15) is 10.1 Å². The van der Waals surface area contributed by atoms with E-state index in [1.165, 1.54) is 128 Å². The first-order valence-electron chi connectivity index (χ1n) is 17.2. The van der Waals surface area contributed by atoms with Gasteiger partial charge in [-0.3, -0.25) is 0 Å². The molecule has 5 nitrogen and oxygen atoms in total. The number of benzene rings is 2. The second kappa shape index (κ2) is 23.0. The van der Waals surface area contributed by atoms with Crippen LogP contribution < -0.4 is 61.6 Å². The van der Waals surface area contributed by atoms with E-state index in [4.69, 9.17) is 0 Å². The summed E-state index contributed by atoms with van der Waals surface area (Å²) in [6.07, 6.45) is 28.2. The number of hydrogen-bond donors (Lipinski definition) is 1. The number of unbranched alkanes of at least 4 members (excludes halogenated alkanes) is 19. The van der Waals surface area contributed by atoms with Gasteiger partial charge in [-0.1, -0.05) is 165 Å². The second-order valence-electron chi connectivity index (χ2n) is 12.4. The largest absolute Gasteiger partial charge is 1.00 e. The number of rotatable bonds is 24. The molecule has 0 saturated heterocycles. The SMILES string of the molecule is CCCCCCCCCCCCCCCCCCCCCCC1Nc2cccc(S(=O)(=O)[O-])c2N1Cc1ccccc1.[K+]. The van der Waals surface area contributed by atoms with Crippen molar-refractivity contribution in [3.63, 3.8) is 0 Å². The van der Waals surface area contributed by atoms with Gasteiger partial charge in [0, 0.05) is 6.54 Å². The molecule has 1 heterocycles. The summed E-state index contributed by atoms with van der Waals surface area (Å²) in [6.45, 7) is 2.85. The van der Waals surface area contributed by atoms with Crippen molar-refractivity contribution in [1.82, 2.24) is 0 Å². The van der Waals surface area contributed by atoms with Gasteiger partial charge in [-0.15, -0.1) is 0 Å². The molecule has 1 atom stereocenters. The fraction of sp³-hybridized carbons (Fsp3) is 0.667. The van der Waals surface area contributed by atoms with E-state index in [1.54, 1.807) is 6.07 Å². The van der Waals surface area contributed by atoms with Crippen LogP contribution in [0.15, 0.2) is 53.4 Å². The standard InChI is InChI=1S/C36H58N2O3S.K/c1-2-3-4-5-6-7-8-9-10-11-12-13-14-15-16-17-18-19-20-24-30-35-37-33-28-25-29-34(42(39,40)41)36(33)38(35)31-32-26-22-21-23-27-32;/h21-23,25-29,35,37H,2-20,24,30-31H2,1H3,(H,39,40,41);/q;+1/p-1. The molecule has 0 spiro atoms. The van der Waals surface area contributed by atoms with Gasteiger partial charge in [0.05, 0.1) is 22.4 Å². The Hall–Kier alpha value is -0.414. The predicted molar refractivity (Wildman–Crippen MR) is 177 cm³/mol. The van der Waals surface area contributed by atoms with E-state index >= 15 is 0 Å². The smallest absolute Gasteiger partial charge is 0.744 e. The van der Waals surface area contributed by atoms with Crippen LogP contribution in [0.3, 0.4) is 0 Å². The summed E-state index contributed by atoms with van der Waals surface area (Å²) < 4.78 is 36.1. The van der Waals surface area contributed by atoms with Crippen LogP contribution in [0.5, 0.6) is 0 Å². The third-order valence-corrected chi connectivity index (χ3v) is 9.65. The van der Waals surface area contributed by atoms with E-state index < -0.39 is 10.1 Å². The van der Waals surface area contributed by atoms with Crippen molar-refractivity contribution in [3.05, 3.63) is 54.1 Å². The molecular weight excluding hydrogens is 580 g/mol. The second-order valence-corrected chi connectivity index (χ2v) is 13.7. The van der Waals surface area contributed by atoms with Gasteiger partial charge >= 0.3 is 51.4 Å². The molecule has 1 unspecified atom stereocenters. The first kappa shape index (κ1) is 38.8. The summed E-state index contributed by atoms with van der Waals surface area (Å²) >= 11 is 0. The van der Waals surface area contributed by atoms with Crippen molar-refractivity contribution in [2.24, 2.45) is 0 Å². The predicted octanol–water partition coefficient (Wildman–Crippen LogP) is 7.56. The number of fused-ring (bicyclic) bond motifs is 1. The topological polar surface area (TPSA) is 72.5 Å². The van der Waals surface area contributed by atoms with Crippen LogP contribution >= 0.6 is 0 Å². The van der Waals surface area contributed by atoms with Crippen LogP contribution in [0.25, 0.3) is 0 Å². The Morgan fingerprint density at radius 3 is 1.58 bits per heavy atom. The maximum Gasteiger partial charge on any atom is 1.00 e. The minimum absolute atomic E-state index is 0. The molecule has 0 aliphatic carbocycles. The summed E-state index contributed by atoms with van der Waals surface area (Å²) in [7, 11) is -4.56. The Bertz CT molecular complexity index is 1100. The van der Waals surface area contributed by atoms with Gasteiger partial charge in [-0.25, -0.2) is 8.42 Å². The Kier molecular flexibility index (Phi) is 20.7. The van der Waals surface area contributed by atoms with Crippen LogP contribution in [0.2, 0.25) is 0 Å². The van der Waals surface area contributed by atoms with Crippen molar-refractivity contribution in [3.8, 4) is 0 Å². The molecule has 0 amide bonds. The molecule has 2 aromatic carbocycles. The third kappa shape index (κ3) is 15.2. The van der Waals surface area contributed by atoms with Gasteiger partial charge in [0.2, 0.25) is 0 Å². The van der Waals surface area contributed by atoms with Crippen molar-refractivity contribution < 1.29 is 64.4 Å². The molecule has 0 fully saturated rings. The van der Waals surface area contributed by atoms with Crippen molar-refractivity contribution in [2.45, 2.75) is 159 Å². The minimum Gasteiger partial charge on any atom is -0.744 e. The maximum atomic E-state index is 12.0. The van der Waals surface area contributed by atoms with Crippen LogP contribution in [0, 0.1) is 0 Å². The first-order valence-corrected chi connectivity index (χ1v) is 18.6. The van der Waals surface area contributed by atoms with Gasteiger partial charge in [-0.2, -0.15) is 0 Å². The van der Waals surface area contributed by atoms with Crippen LogP contribution in [-0.4, -0.2) is 19.1 Å². The normalized spacial score (nSPS) is 14.4. The fourth-order valence-electron chi connectivity index (χ4n) is 6.34. The van der Waals surface area contributed by atoms with E-state index in [0.29, 0.717) is 12.2 Å². The van der Waals surface area contributed by atoms with Crippen molar-refractivity contribution >= 4 is 21.5 Å². The number of hydrogen-bond acceptors (Lipinski definition) is 5. The quantitative estimate of drug-likeness (QED) is 0.0731. The molecule has 43 heavy (non-hydrogen) atoms. The van der Waals surface area contributed by atoms with Crippen LogP contribution in [0.4, 0.5) is 11.4 Å². The molecule has 2 aromatic rings. The Labute approximate surface area is 306 Å². The zero-order valence-electron chi connectivity index (χ0n) is 27.3. The molecular formula is C36H57KN2O3S. The van der Waals surface area contributed by atoms with Gasteiger partial charge in [0.15, 0.2) is 0 Å². The van der Waals surface area contributed by atoms with E-state index in [1.807, 2.05) is 36.4 Å². The number of anilines is 2. The molecule has 1 aliphatic heterocycles. The average molecular weight is 637 g/mol. The van der Waals surface area contributed by atoms with E-state index in [2.05, 4.69) is 17.1 Å². The van der Waals surface area contributed by atoms with Crippen molar-refractivity contribution in [2.75, 3.05) is 10.2 Å². The number of para-hydroxylation sites is 1. The zero-order chi connectivity index (χ0) is 29.9. The molecule has 0 bridgehead atoms. The van der Waals surface area contributed by atoms with Crippen molar-refractivity contribution in [1.29, 1.82) is 0 Å². The Balaban J connectivity index is 0.00000645. The molecule has 0 aromatic heterocycles. The number of nitrogens with one attached hydrogen (secondary N) is 1. The Morgan fingerprint density at radius 2 is 1.12 bits per heavy atom. The summed E-state index contributed by atoms with van der Waals surface area (Å²) in [5.74, 6) is 0. The van der Waals surface area contributed by atoms with Gasteiger partial charge in [0.25, 0.3) is 0 Å². The van der Waals surface area contributed by atoms with E-state index in [-0.39, 0.29) is 62.4 Å². The number of nitrogens with zero attached hydrogens (tertiary/aromatic N) is 1. The molecule has 1 aliphatic rings. The van der Waals surface area contributed by atoms with Gasteiger partial charge in [-0.05, 0) is 30.5 Å². The summed E-state index contributed by atoms with van der Waals surface area (Å²) in [6, 6.07) is 15.0. The first-order chi connectivity index (χ1) is 20.5. The molecule has 3 rings (SSSR count). The molecule has 236 valence electrons. The third-order valence-electron chi connectivity index (χ3n) is 8.78. The summed E-state index contributed by atoms with van der Waals surface area (Å²) in [4.78, 5) is 1.94. The monoisotopic (exact) mass is 636 g/mol. The zero-order valence-corrected chi connectivity index (χ0v) is 31.3. The van der Waals surface area contributed by atoms with E-state index in [0.717, 1.165) is 24.1 Å². The van der Waals surface area contributed by atoms with Crippen LogP contribution in [-0.2, 0) is 16.7 Å². The fourth-order valence-corrected chi connectivity index (χ4v) is 7.05. The van der Waals surface area contributed by atoms with Gasteiger partial charge < -0.3 is 14.8 Å². The summed E-state index contributed by atoms with van der Waals surface area (Å²) in [5, 5.41) is 3.50.